The number of hydrogen-bond acceptors (Lipinski definition) is 4. The van der Waals surface area contributed by atoms with Crippen LogP contribution in [0.1, 0.15) is 31.9 Å². The van der Waals surface area contributed by atoms with E-state index in [-0.39, 0.29) is 6.07 Å². The molecule has 15 heteroatoms. The summed E-state index contributed by atoms with van der Waals surface area (Å²) in [7, 11) is 0. The monoisotopic (exact) mass is 537 g/mol. The molecule has 0 bridgehead atoms. The van der Waals surface area contributed by atoms with Gasteiger partial charge in [0.1, 0.15) is 6.33 Å². The number of alkyl halides is 7. The second-order valence-corrected chi connectivity index (χ2v) is 9.64. The van der Waals surface area contributed by atoms with Crippen molar-refractivity contribution in [3.8, 4) is 11.4 Å². The van der Waals surface area contributed by atoms with E-state index in [1.807, 2.05) is 0 Å². The van der Waals surface area contributed by atoms with Crippen LogP contribution < -0.4 is 5.32 Å². The van der Waals surface area contributed by atoms with E-state index in [0.717, 1.165) is 28.2 Å². The van der Waals surface area contributed by atoms with Crippen molar-refractivity contribution in [3.63, 3.8) is 0 Å². The molecule has 1 saturated heterocycles. The molecule has 2 aromatic rings. The summed E-state index contributed by atoms with van der Waals surface area (Å²) in [4.78, 5) is 28.3. The Hall–Kier alpha value is -3.65. The molecule has 0 spiro atoms. The number of carbonyl (C=O) groups excluding carboxylic acids is 1. The fourth-order valence-corrected chi connectivity index (χ4v) is 3.98. The summed E-state index contributed by atoms with van der Waals surface area (Å²) in [6.45, 7) is 4.13. The molecule has 3 rings (SSSR count). The zero-order valence-electron chi connectivity index (χ0n) is 19.7. The fraction of sp³-hybridized carbons (Fsp3) is 0.455. The van der Waals surface area contributed by atoms with Crippen LogP contribution in [0.3, 0.4) is 0 Å². The zero-order valence-corrected chi connectivity index (χ0v) is 19.7. The van der Waals surface area contributed by atoms with Crippen molar-refractivity contribution in [1.82, 2.24) is 25.0 Å². The molecule has 1 atom stereocenters. The lowest BCUT2D eigenvalue weighted by Crippen LogP contribution is -2.72. The largest absolute Gasteiger partial charge is 0.465 e. The van der Waals surface area contributed by atoms with E-state index in [2.05, 4.69) is 15.4 Å². The molecule has 0 saturated carbocycles. The van der Waals surface area contributed by atoms with Gasteiger partial charge in [-0.1, -0.05) is 20.8 Å². The van der Waals surface area contributed by atoms with Gasteiger partial charge in [0.05, 0.1) is 30.3 Å². The van der Waals surface area contributed by atoms with Gasteiger partial charge in [0, 0.05) is 17.8 Å². The lowest BCUT2D eigenvalue weighted by Gasteiger charge is -2.51. The molecular weight excluding hydrogens is 515 g/mol. The third-order valence-corrected chi connectivity index (χ3v) is 5.59. The van der Waals surface area contributed by atoms with Crippen LogP contribution in [0.5, 0.6) is 0 Å². The first kappa shape index (κ1) is 27.9. The molecule has 202 valence electrons. The van der Waals surface area contributed by atoms with E-state index in [4.69, 9.17) is 5.11 Å². The number of halogens is 7. The van der Waals surface area contributed by atoms with Crippen LogP contribution in [-0.2, 0) is 17.1 Å². The van der Waals surface area contributed by atoms with Crippen molar-refractivity contribution in [2.24, 2.45) is 5.41 Å². The quantitative estimate of drug-likeness (QED) is 0.426. The Morgan fingerprint density at radius 1 is 1.05 bits per heavy atom. The fourth-order valence-electron chi connectivity index (χ4n) is 3.98. The van der Waals surface area contributed by atoms with Gasteiger partial charge in [-0.2, -0.15) is 26.3 Å². The van der Waals surface area contributed by atoms with E-state index in [1.165, 1.54) is 0 Å². The first-order valence-electron chi connectivity index (χ1n) is 10.7. The van der Waals surface area contributed by atoms with E-state index >= 15 is 4.39 Å². The highest BCUT2D eigenvalue weighted by Crippen LogP contribution is 2.39. The summed E-state index contributed by atoms with van der Waals surface area (Å²) in [5, 5.41) is 14.9. The Balaban J connectivity index is 1.74. The van der Waals surface area contributed by atoms with Crippen LogP contribution in [0.15, 0.2) is 30.6 Å². The average molecular weight is 537 g/mol. The van der Waals surface area contributed by atoms with Crippen LogP contribution >= 0.6 is 0 Å². The molecular formula is C22H22F7N5O3. The third kappa shape index (κ3) is 6.38. The normalized spacial score (nSPS) is 17.0. The van der Waals surface area contributed by atoms with Crippen molar-refractivity contribution in [3.05, 3.63) is 41.7 Å². The molecule has 1 aliphatic heterocycles. The standard InChI is InChI=1S/C22H22F7N5O3/c1-19(2,3)17(31-18(36)37)20(23)9-33(10-20)15(35)4-5-34-11-30-16(32-34)12-6-13(21(24,25)26)8-14(7-12)22(27,28)29/h4-8,11,17,31H,9-10H2,1-3H3,(H,36,37)/b5-4-. The van der Waals surface area contributed by atoms with Gasteiger partial charge in [0.2, 0.25) is 5.91 Å². The van der Waals surface area contributed by atoms with Crippen molar-refractivity contribution >= 4 is 18.2 Å². The van der Waals surface area contributed by atoms with Crippen LogP contribution in [0.4, 0.5) is 35.5 Å². The molecule has 2 N–H and O–H groups in total. The number of rotatable bonds is 5. The summed E-state index contributed by atoms with van der Waals surface area (Å²) >= 11 is 0. The number of carboxylic acid groups (broad SMARTS) is 1. The number of carbonyl (C=O) groups is 2. The third-order valence-electron chi connectivity index (χ3n) is 5.59. The number of nitrogens with one attached hydrogen (secondary N) is 1. The lowest BCUT2D eigenvalue weighted by molar-refractivity contribution is -0.146. The van der Waals surface area contributed by atoms with Gasteiger partial charge in [-0.15, -0.1) is 5.10 Å². The predicted molar refractivity (Wildman–Crippen MR) is 116 cm³/mol. The second-order valence-electron chi connectivity index (χ2n) is 9.64. The number of amides is 2. The molecule has 0 aliphatic carbocycles. The SMILES string of the molecule is CC(C)(C)C(NC(=O)O)C1(F)CN(C(=O)/C=C\n2cnc(-c3cc(C(F)(F)F)cc(C(F)(F)F)c3)n2)C1. The number of likely N-dealkylation sites (tertiary alicyclic amines) is 1. The maximum atomic E-state index is 15.3. The Morgan fingerprint density at radius 3 is 2.05 bits per heavy atom. The topological polar surface area (TPSA) is 100 Å². The average Bonchev–Trinajstić information content (AvgIpc) is 3.20. The van der Waals surface area contributed by atoms with Gasteiger partial charge in [-0.25, -0.2) is 18.9 Å². The molecule has 8 nitrogen and oxygen atoms in total. The molecule has 0 radical (unpaired) electrons. The van der Waals surface area contributed by atoms with Gasteiger partial charge in [-0.3, -0.25) is 4.79 Å². The first-order valence-corrected chi connectivity index (χ1v) is 10.7. The summed E-state index contributed by atoms with van der Waals surface area (Å²) in [5.74, 6) is -1.13. The molecule has 37 heavy (non-hydrogen) atoms. The van der Waals surface area contributed by atoms with E-state index in [0.29, 0.717) is 12.1 Å². The maximum absolute atomic E-state index is 15.3. The van der Waals surface area contributed by atoms with Crippen LogP contribution in [0, 0.1) is 5.41 Å². The van der Waals surface area contributed by atoms with E-state index in [1.54, 1.807) is 20.8 Å². The Kier molecular flexibility index (Phi) is 7.05. The minimum atomic E-state index is -5.04. The van der Waals surface area contributed by atoms with E-state index in [9.17, 15) is 35.9 Å². The number of nitrogens with zero attached hydrogens (tertiary/aromatic N) is 4. The van der Waals surface area contributed by atoms with Crippen molar-refractivity contribution in [1.29, 1.82) is 0 Å². The predicted octanol–water partition coefficient (Wildman–Crippen LogP) is 4.69. The van der Waals surface area contributed by atoms with Crippen LogP contribution in [0.2, 0.25) is 0 Å². The van der Waals surface area contributed by atoms with Gasteiger partial charge in [0.15, 0.2) is 11.5 Å². The highest BCUT2D eigenvalue weighted by Gasteiger charge is 2.55. The minimum Gasteiger partial charge on any atom is -0.465 e. The highest BCUT2D eigenvalue weighted by molar-refractivity contribution is 5.91. The molecule has 1 aromatic heterocycles. The molecule has 1 aliphatic rings. The maximum Gasteiger partial charge on any atom is 0.416 e. The van der Waals surface area contributed by atoms with Gasteiger partial charge in [0.25, 0.3) is 0 Å². The lowest BCUT2D eigenvalue weighted by atomic mass is 9.73. The number of hydrogen-bond donors (Lipinski definition) is 2. The summed E-state index contributed by atoms with van der Waals surface area (Å²) < 4.78 is 94.7. The summed E-state index contributed by atoms with van der Waals surface area (Å²) in [5.41, 5.74) is -6.40. The molecule has 1 fully saturated rings. The molecule has 1 unspecified atom stereocenters. The smallest absolute Gasteiger partial charge is 0.416 e. The van der Waals surface area contributed by atoms with Gasteiger partial charge >= 0.3 is 18.4 Å². The Bertz CT molecular complexity index is 1180. The minimum absolute atomic E-state index is 0.0206. The van der Waals surface area contributed by atoms with Crippen molar-refractivity contribution < 1.29 is 45.4 Å². The van der Waals surface area contributed by atoms with E-state index < -0.39 is 77.1 Å². The second kappa shape index (κ2) is 9.34. The number of benzene rings is 1. The molecule has 1 aromatic carbocycles. The zero-order chi connectivity index (χ0) is 28.0. The highest BCUT2D eigenvalue weighted by atomic mass is 19.4. The first-order chi connectivity index (χ1) is 16.8. The summed E-state index contributed by atoms with van der Waals surface area (Å²) in [6.07, 6.45) is -8.52. The van der Waals surface area contributed by atoms with Gasteiger partial charge < -0.3 is 15.3 Å². The van der Waals surface area contributed by atoms with Crippen molar-refractivity contribution in [2.75, 3.05) is 13.1 Å². The molecule has 2 heterocycles. The number of aromatic nitrogens is 3. The Morgan fingerprint density at radius 2 is 1.59 bits per heavy atom. The molecule has 2 amide bonds. The van der Waals surface area contributed by atoms with Gasteiger partial charge in [-0.05, 0) is 23.6 Å². The Labute approximate surface area is 205 Å². The van der Waals surface area contributed by atoms with Crippen LogP contribution in [-0.4, -0.2) is 61.6 Å². The van der Waals surface area contributed by atoms with Crippen LogP contribution in [0.25, 0.3) is 17.6 Å². The summed E-state index contributed by atoms with van der Waals surface area (Å²) in [6, 6.07) is -0.173. The van der Waals surface area contributed by atoms with Crippen molar-refractivity contribution in [2.45, 2.75) is 44.8 Å².